The zero-order valence-corrected chi connectivity index (χ0v) is 27.3. The molecule has 4 nitrogen and oxygen atoms in total. The highest BCUT2D eigenvalue weighted by Crippen LogP contribution is 2.59. The Hall–Kier alpha value is -2.83. The molecule has 4 aliphatic rings. The van der Waals surface area contributed by atoms with Crippen molar-refractivity contribution in [2.24, 2.45) is 5.41 Å². The minimum Gasteiger partial charge on any atom is -0.393 e. The molecule has 0 unspecified atom stereocenters. The Morgan fingerprint density at radius 2 is 1.84 bits per heavy atom. The van der Waals surface area contributed by atoms with E-state index in [1.807, 2.05) is 18.2 Å². The highest BCUT2D eigenvalue weighted by molar-refractivity contribution is 6.31. The molecule has 1 saturated carbocycles. The van der Waals surface area contributed by atoms with Gasteiger partial charge in [-0.1, -0.05) is 72.6 Å². The number of carbonyl (C=O) groups excluding carboxylic acids is 1. The summed E-state index contributed by atoms with van der Waals surface area (Å²) in [7, 11) is 0. The molecule has 0 radical (unpaired) electrons. The molecule has 2 N–H and O–H groups in total. The second kappa shape index (κ2) is 13.1. The number of halogens is 2. The first-order chi connectivity index (χ1) is 21.6. The van der Waals surface area contributed by atoms with E-state index in [0.29, 0.717) is 31.4 Å². The zero-order valence-electron chi connectivity index (χ0n) is 26.5. The van der Waals surface area contributed by atoms with Crippen molar-refractivity contribution in [3.63, 3.8) is 0 Å². The standard InChI is InChI=1S/C39H45ClFNO3/c1-26-7-6-18-38(2)34(16-19-39(38,45)25-42-20-17-28-8-3-4-9-29(28)24-42)31-15-13-27(21-30(43)14-12-26)22-32(31)37(44)23-33-35(40)10-5-11-36(33)41/h3-5,7-11,13,15,22,30,34,43,45H,6,12,14,16-21,23-25H2,1-2H3/t30-,34-,38-,39+/m0/s1. The summed E-state index contributed by atoms with van der Waals surface area (Å²) < 4.78 is 14.8. The molecular weight excluding hydrogens is 585 g/mol. The van der Waals surface area contributed by atoms with Gasteiger partial charge >= 0.3 is 0 Å². The molecule has 4 atom stereocenters. The fourth-order valence-electron chi connectivity index (χ4n) is 8.26. The molecule has 0 amide bonds. The maximum absolute atomic E-state index is 14.8. The molecule has 45 heavy (non-hydrogen) atoms. The number of nitrogens with zero attached hydrogens (tertiary/aromatic N) is 1. The van der Waals surface area contributed by atoms with Gasteiger partial charge in [-0.05, 0) is 105 Å². The van der Waals surface area contributed by atoms with E-state index >= 15 is 0 Å². The van der Waals surface area contributed by atoms with Crippen LogP contribution in [-0.2, 0) is 25.8 Å². The van der Waals surface area contributed by atoms with Crippen LogP contribution in [0.1, 0.15) is 96.5 Å². The summed E-state index contributed by atoms with van der Waals surface area (Å²) in [5.41, 5.74) is 5.06. The van der Waals surface area contributed by atoms with Crippen molar-refractivity contribution >= 4 is 17.4 Å². The highest BCUT2D eigenvalue weighted by atomic mass is 35.5. The lowest BCUT2D eigenvalue weighted by Crippen LogP contribution is -2.53. The third-order valence-corrected chi connectivity index (χ3v) is 11.4. The molecule has 6 heteroatoms. The van der Waals surface area contributed by atoms with Crippen LogP contribution >= 0.6 is 11.6 Å². The van der Waals surface area contributed by atoms with E-state index in [4.69, 9.17) is 11.6 Å². The lowest BCUT2D eigenvalue weighted by atomic mass is 9.64. The first-order valence-corrected chi connectivity index (χ1v) is 16.9. The number of β-amino-alcohol motifs (C(OH)–C–C–N with tert-alkyl or cyclic N) is 1. The third kappa shape index (κ3) is 6.55. The number of fused-ring (bicyclic) bond motifs is 9. The maximum Gasteiger partial charge on any atom is 0.167 e. The number of hydrogen-bond acceptors (Lipinski definition) is 4. The quantitative estimate of drug-likeness (QED) is 0.222. The number of aliphatic hydroxyl groups is 2. The molecule has 1 fully saturated rings. The van der Waals surface area contributed by atoms with Crippen molar-refractivity contribution in [1.82, 2.24) is 4.90 Å². The second-order valence-electron chi connectivity index (χ2n) is 14.0. The normalized spacial score (nSPS) is 27.4. The molecule has 7 rings (SSSR count). The molecule has 0 spiro atoms. The summed E-state index contributed by atoms with van der Waals surface area (Å²) in [4.78, 5) is 16.5. The average molecular weight is 630 g/mol. The van der Waals surface area contributed by atoms with Crippen LogP contribution in [0, 0.1) is 11.2 Å². The van der Waals surface area contributed by atoms with Crippen molar-refractivity contribution < 1.29 is 19.4 Å². The van der Waals surface area contributed by atoms with E-state index in [1.54, 1.807) is 12.1 Å². The summed E-state index contributed by atoms with van der Waals surface area (Å²) >= 11 is 6.36. The first kappa shape index (κ1) is 32.1. The third-order valence-electron chi connectivity index (χ3n) is 11.1. The van der Waals surface area contributed by atoms with Gasteiger partial charge in [0.05, 0.1) is 11.7 Å². The van der Waals surface area contributed by atoms with Crippen LogP contribution in [0.3, 0.4) is 0 Å². The van der Waals surface area contributed by atoms with Gasteiger partial charge < -0.3 is 10.2 Å². The summed E-state index contributed by atoms with van der Waals surface area (Å²) in [5, 5.41) is 23.8. The van der Waals surface area contributed by atoms with E-state index in [-0.39, 0.29) is 28.7 Å². The van der Waals surface area contributed by atoms with Gasteiger partial charge in [0.2, 0.25) is 0 Å². The number of Topliss-reactive ketones (excluding diaryl/α,β-unsaturated/α-hetero) is 1. The van der Waals surface area contributed by atoms with Gasteiger partial charge in [-0.3, -0.25) is 9.69 Å². The Labute approximate surface area is 271 Å². The van der Waals surface area contributed by atoms with Crippen molar-refractivity contribution in [2.75, 3.05) is 13.1 Å². The van der Waals surface area contributed by atoms with Gasteiger partial charge in [0.25, 0.3) is 0 Å². The lowest BCUT2D eigenvalue weighted by Gasteiger charge is -2.47. The van der Waals surface area contributed by atoms with Crippen LogP contribution in [0.2, 0.25) is 5.02 Å². The number of allylic oxidation sites excluding steroid dienone is 2. The van der Waals surface area contributed by atoms with Crippen LogP contribution in [0.25, 0.3) is 0 Å². The Morgan fingerprint density at radius 1 is 1.04 bits per heavy atom. The van der Waals surface area contributed by atoms with Crippen LogP contribution in [0.5, 0.6) is 0 Å². The van der Waals surface area contributed by atoms with Crippen molar-refractivity contribution in [3.05, 3.63) is 117 Å². The Balaban J connectivity index is 1.39. The Kier molecular flexibility index (Phi) is 9.36. The highest BCUT2D eigenvalue weighted by Gasteiger charge is 2.57. The number of rotatable bonds is 5. The van der Waals surface area contributed by atoms with Gasteiger partial charge in [-0.2, -0.15) is 0 Å². The smallest absolute Gasteiger partial charge is 0.167 e. The van der Waals surface area contributed by atoms with Crippen LogP contribution in [0.15, 0.2) is 72.3 Å². The molecule has 1 heterocycles. The summed E-state index contributed by atoms with van der Waals surface area (Å²) in [5.74, 6) is -0.747. The molecule has 3 aliphatic carbocycles. The van der Waals surface area contributed by atoms with E-state index < -0.39 is 22.9 Å². The number of hydrogen-bond donors (Lipinski definition) is 2. The fourth-order valence-corrected chi connectivity index (χ4v) is 8.49. The topological polar surface area (TPSA) is 60.8 Å². The van der Waals surface area contributed by atoms with Crippen LogP contribution in [0.4, 0.5) is 4.39 Å². The summed E-state index contributed by atoms with van der Waals surface area (Å²) in [6, 6.07) is 19.1. The second-order valence-corrected chi connectivity index (χ2v) is 14.4. The predicted octanol–water partition coefficient (Wildman–Crippen LogP) is 8.00. The summed E-state index contributed by atoms with van der Waals surface area (Å²) in [6.45, 7) is 6.65. The van der Waals surface area contributed by atoms with E-state index in [1.165, 1.54) is 22.8 Å². The first-order valence-electron chi connectivity index (χ1n) is 16.5. The maximum atomic E-state index is 14.8. The average Bonchev–Trinajstić information content (AvgIpc) is 3.26. The van der Waals surface area contributed by atoms with Crippen LogP contribution in [-0.4, -0.2) is 45.7 Å². The minimum absolute atomic E-state index is 0.0646. The predicted molar refractivity (Wildman–Crippen MR) is 178 cm³/mol. The van der Waals surface area contributed by atoms with Gasteiger partial charge in [0.15, 0.2) is 5.78 Å². The molecule has 0 aromatic heterocycles. The number of aliphatic hydroxyl groups excluding tert-OH is 1. The number of ketones is 1. The van der Waals surface area contributed by atoms with E-state index in [9.17, 15) is 19.4 Å². The van der Waals surface area contributed by atoms with Gasteiger partial charge in [0.1, 0.15) is 5.82 Å². The fraction of sp³-hybridized carbons (Fsp3) is 0.462. The Morgan fingerprint density at radius 3 is 2.64 bits per heavy atom. The molecule has 238 valence electrons. The van der Waals surface area contributed by atoms with Crippen molar-refractivity contribution in [3.8, 4) is 0 Å². The number of carbonyl (C=O) groups is 1. The summed E-state index contributed by atoms with van der Waals surface area (Å²) in [6.07, 6.45) is 7.42. The zero-order chi connectivity index (χ0) is 31.8. The monoisotopic (exact) mass is 629 g/mol. The Bertz CT molecular complexity index is 1580. The van der Waals surface area contributed by atoms with E-state index in [0.717, 1.165) is 56.3 Å². The minimum atomic E-state index is -0.952. The SMILES string of the molecule is CC1=CCC[C@@]2(C)[C@@H](CC[C@@]2(O)CN2CCc3ccccc3C2)c2ccc(cc2C(=O)Cc2c(F)cccc2Cl)C[C@@H](O)CC1. The molecule has 1 aliphatic heterocycles. The van der Waals surface area contributed by atoms with Crippen LogP contribution < -0.4 is 0 Å². The molecular formula is C39H45ClFNO3. The van der Waals surface area contributed by atoms with Gasteiger partial charge in [-0.15, -0.1) is 0 Å². The number of benzene rings is 3. The van der Waals surface area contributed by atoms with Crippen molar-refractivity contribution in [1.29, 1.82) is 0 Å². The van der Waals surface area contributed by atoms with Gasteiger partial charge in [0, 0.05) is 47.6 Å². The molecule has 0 saturated heterocycles. The van der Waals surface area contributed by atoms with E-state index in [2.05, 4.69) is 49.1 Å². The lowest BCUT2D eigenvalue weighted by molar-refractivity contribution is -0.0856. The molecule has 3 aromatic carbocycles. The molecule has 2 bridgehead atoms. The molecule has 3 aromatic rings. The largest absolute Gasteiger partial charge is 0.393 e. The van der Waals surface area contributed by atoms with Gasteiger partial charge in [-0.25, -0.2) is 4.39 Å². The van der Waals surface area contributed by atoms with Crippen molar-refractivity contribution in [2.45, 2.75) is 95.8 Å².